The number of nitrogens with zero attached hydrogens (tertiary/aromatic N) is 3. The molecule has 0 radical (unpaired) electrons. The Kier molecular flexibility index (Phi) is 6.28. The minimum atomic E-state index is -0.623. The number of pyridine rings is 1. The number of primary amides is 1. The number of ether oxygens (including phenoxy) is 2. The molecular weight excluding hydrogens is 506 g/mol. The van der Waals surface area contributed by atoms with Crippen LogP contribution in [0.25, 0.3) is 49.5 Å². The fourth-order valence-electron chi connectivity index (χ4n) is 5.31. The minimum Gasteiger partial charge on any atom is -0.491 e. The summed E-state index contributed by atoms with van der Waals surface area (Å²) < 4.78 is 12.5. The first-order valence-electron chi connectivity index (χ1n) is 12.8. The molecule has 0 aliphatic rings. The number of H-pyrrole nitrogens is 1. The average Bonchev–Trinajstić information content (AvgIpc) is 3.32. The Morgan fingerprint density at radius 1 is 1.02 bits per heavy atom. The number of aromatic nitrogens is 4. The maximum Gasteiger partial charge on any atom is 0.269 e. The molecule has 9 nitrogen and oxygen atoms in total. The zero-order valence-electron chi connectivity index (χ0n) is 22.3. The van der Waals surface area contributed by atoms with Crippen molar-refractivity contribution >= 4 is 38.6 Å². The largest absolute Gasteiger partial charge is 0.491 e. The first-order chi connectivity index (χ1) is 19.4. The summed E-state index contributed by atoms with van der Waals surface area (Å²) in [6, 6.07) is 18.8. The van der Waals surface area contributed by atoms with E-state index in [1.54, 1.807) is 24.1 Å². The van der Waals surface area contributed by atoms with E-state index in [0.717, 1.165) is 33.0 Å². The number of para-hydroxylation sites is 1. The fraction of sp³-hybridized carbons (Fsp3) is 0.161. The number of aryl methyl sites for hydroxylation is 1. The van der Waals surface area contributed by atoms with Crippen molar-refractivity contribution in [1.29, 1.82) is 0 Å². The van der Waals surface area contributed by atoms with Crippen molar-refractivity contribution in [3.8, 4) is 22.6 Å². The summed E-state index contributed by atoms with van der Waals surface area (Å²) in [4.78, 5) is 38.3. The Morgan fingerprint density at radius 3 is 2.65 bits per heavy atom. The molecule has 0 fully saturated rings. The van der Waals surface area contributed by atoms with Gasteiger partial charge in [0.15, 0.2) is 5.69 Å². The molecule has 0 saturated heterocycles. The van der Waals surface area contributed by atoms with E-state index in [4.69, 9.17) is 15.2 Å². The molecule has 9 heteroatoms. The van der Waals surface area contributed by atoms with Crippen LogP contribution in [0.2, 0.25) is 0 Å². The number of carbonyl (C=O) groups excluding carboxylic acids is 1. The number of nitrogens with two attached hydrogens (primary N) is 1. The Labute approximate surface area is 229 Å². The lowest BCUT2D eigenvalue weighted by Gasteiger charge is -2.16. The van der Waals surface area contributed by atoms with Gasteiger partial charge in [-0.2, -0.15) is 0 Å². The highest BCUT2D eigenvalue weighted by Gasteiger charge is 2.22. The number of carbonyl (C=O) groups is 1. The van der Waals surface area contributed by atoms with Gasteiger partial charge >= 0.3 is 0 Å². The van der Waals surface area contributed by atoms with Gasteiger partial charge in [0, 0.05) is 35.2 Å². The molecule has 6 aromatic rings. The number of hydrogen-bond donors (Lipinski definition) is 2. The van der Waals surface area contributed by atoms with Crippen LogP contribution >= 0.6 is 0 Å². The summed E-state index contributed by atoms with van der Waals surface area (Å²) in [5.41, 5.74) is 11.7. The number of nitrogens with one attached hydrogen (secondary N) is 1. The number of benzene rings is 3. The van der Waals surface area contributed by atoms with Crippen LogP contribution in [0.1, 0.15) is 21.7 Å². The molecule has 0 unspecified atom stereocenters. The molecule has 3 N–H and O–H groups in total. The van der Waals surface area contributed by atoms with Crippen LogP contribution in [0.5, 0.6) is 5.75 Å². The van der Waals surface area contributed by atoms with Crippen LogP contribution in [0, 0.1) is 13.8 Å². The number of fused-ring (bicyclic) bond motifs is 4. The highest BCUT2D eigenvalue weighted by Crippen LogP contribution is 2.40. The molecule has 200 valence electrons. The zero-order chi connectivity index (χ0) is 28.0. The van der Waals surface area contributed by atoms with Crippen LogP contribution in [0.15, 0.2) is 71.8 Å². The number of methoxy groups -OCH3 is 1. The van der Waals surface area contributed by atoms with Gasteiger partial charge < -0.3 is 20.2 Å². The van der Waals surface area contributed by atoms with E-state index in [2.05, 4.69) is 15.0 Å². The Morgan fingerprint density at radius 2 is 1.85 bits per heavy atom. The van der Waals surface area contributed by atoms with Crippen molar-refractivity contribution in [2.24, 2.45) is 5.73 Å². The molecule has 3 aromatic carbocycles. The molecule has 0 saturated carbocycles. The third-order valence-electron chi connectivity index (χ3n) is 7.19. The lowest BCUT2D eigenvalue weighted by molar-refractivity contribution is 0.0997. The summed E-state index contributed by atoms with van der Waals surface area (Å²) in [5.74, 6) is 0.0476. The second-order valence-corrected chi connectivity index (χ2v) is 9.60. The second kappa shape index (κ2) is 9.94. The summed E-state index contributed by atoms with van der Waals surface area (Å²) in [6.07, 6.45) is 1.56. The molecule has 1 amide bonds. The summed E-state index contributed by atoms with van der Waals surface area (Å²) in [6.45, 7) is 4.71. The first kappa shape index (κ1) is 25.3. The maximum atomic E-state index is 13.4. The lowest BCUT2D eigenvalue weighted by atomic mass is 9.93. The van der Waals surface area contributed by atoms with Crippen LogP contribution in [-0.2, 0) is 4.74 Å². The van der Waals surface area contributed by atoms with E-state index in [-0.39, 0.29) is 11.3 Å². The summed E-state index contributed by atoms with van der Waals surface area (Å²) >= 11 is 0. The number of hydrogen-bond acceptors (Lipinski definition) is 6. The third-order valence-corrected chi connectivity index (χ3v) is 7.19. The van der Waals surface area contributed by atoms with Crippen molar-refractivity contribution in [2.45, 2.75) is 13.8 Å². The molecule has 3 heterocycles. The zero-order valence-corrected chi connectivity index (χ0v) is 22.3. The average molecular weight is 534 g/mol. The number of rotatable bonds is 7. The quantitative estimate of drug-likeness (QED) is 0.283. The Bertz CT molecular complexity index is 2010. The molecule has 0 aliphatic heterocycles. The molecule has 40 heavy (non-hydrogen) atoms. The van der Waals surface area contributed by atoms with Gasteiger partial charge in [-0.3, -0.25) is 14.2 Å². The van der Waals surface area contributed by atoms with Crippen molar-refractivity contribution in [2.75, 3.05) is 20.3 Å². The van der Waals surface area contributed by atoms with Crippen LogP contribution in [0.3, 0.4) is 0 Å². The van der Waals surface area contributed by atoms with Gasteiger partial charge in [0.2, 0.25) is 0 Å². The number of aromatic amines is 1. The fourth-order valence-corrected chi connectivity index (χ4v) is 5.31. The predicted octanol–water partition coefficient (Wildman–Crippen LogP) is 4.82. The van der Waals surface area contributed by atoms with E-state index >= 15 is 0 Å². The van der Waals surface area contributed by atoms with Crippen molar-refractivity contribution < 1.29 is 14.3 Å². The predicted molar refractivity (Wildman–Crippen MR) is 155 cm³/mol. The summed E-state index contributed by atoms with van der Waals surface area (Å²) in [5, 5.41) is 2.26. The van der Waals surface area contributed by atoms with E-state index in [1.807, 2.05) is 68.4 Å². The van der Waals surface area contributed by atoms with Gasteiger partial charge in [0.05, 0.1) is 34.2 Å². The van der Waals surface area contributed by atoms with Crippen molar-refractivity contribution in [1.82, 2.24) is 19.5 Å². The molecule has 0 atom stereocenters. The summed E-state index contributed by atoms with van der Waals surface area (Å²) in [7, 11) is 1.62. The third kappa shape index (κ3) is 4.07. The van der Waals surface area contributed by atoms with E-state index in [1.165, 1.54) is 0 Å². The highest BCUT2D eigenvalue weighted by molar-refractivity contribution is 6.19. The van der Waals surface area contributed by atoms with Gasteiger partial charge in [0.25, 0.3) is 11.5 Å². The van der Waals surface area contributed by atoms with Crippen LogP contribution in [-0.4, -0.2) is 45.7 Å². The van der Waals surface area contributed by atoms with Crippen LogP contribution in [0.4, 0.5) is 0 Å². The van der Waals surface area contributed by atoms with Crippen LogP contribution < -0.4 is 16.0 Å². The highest BCUT2D eigenvalue weighted by atomic mass is 16.5. The topological polar surface area (TPSA) is 125 Å². The van der Waals surface area contributed by atoms with E-state index in [0.29, 0.717) is 46.8 Å². The molecular formula is C31H27N5O4. The molecule has 6 rings (SSSR count). The maximum absolute atomic E-state index is 13.4. The Balaban J connectivity index is 1.60. The molecule has 0 bridgehead atoms. The standard InChI is InChI=1S/C31H27N5O4/c1-17-20(8-6-10-25(17)36-16-33-23-9-5-4-7-22(23)31(36)38)26-18(2)34-29(30(32)37)28-27(26)21-12-11-19(15-24(21)35-28)40-14-13-39-3/h4-12,15-16,35H,13-14H2,1-3H3,(H2,32,37). The van der Waals surface area contributed by atoms with Gasteiger partial charge in [-0.1, -0.05) is 24.3 Å². The SMILES string of the molecule is COCCOc1ccc2c(c1)[nH]c1c(C(N)=O)nc(C)c(-c3cccc(-n4cnc5ccccc5c4=O)c3C)c12. The molecule has 3 aromatic heterocycles. The smallest absolute Gasteiger partial charge is 0.269 e. The minimum absolute atomic E-state index is 0.150. The second-order valence-electron chi connectivity index (χ2n) is 9.60. The monoisotopic (exact) mass is 533 g/mol. The number of amides is 1. The molecule has 0 aliphatic carbocycles. The Hall–Kier alpha value is -5.02. The van der Waals surface area contributed by atoms with Gasteiger partial charge in [-0.05, 0) is 55.3 Å². The van der Waals surface area contributed by atoms with Crippen molar-refractivity contribution in [3.05, 3.63) is 94.3 Å². The van der Waals surface area contributed by atoms with Crippen molar-refractivity contribution in [3.63, 3.8) is 0 Å². The first-order valence-corrected chi connectivity index (χ1v) is 12.8. The van der Waals surface area contributed by atoms with E-state index < -0.39 is 5.91 Å². The van der Waals surface area contributed by atoms with E-state index in [9.17, 15) is 9.59 Å². The van der Waals surface area contributed by atoms with Gasteiger partial charge in [0.1, 0.15) is 18.7 Å². The normalized spacial score (nSPS) is 11.5. The van der Waals surface area contributed by atoms with Gasteiger partial charge in [-0.15, -0.1) is 0 Å². The molecule has 0 spiro atoms. The lowest BCUT2D eigenvalue weighted by Crippen LogP contribution is -2.19. The van der Waals surface area contributed by atoms with Gasteiger partial charge in [-0.25, -0.2) is 9.97 Å².